The van der Waals surface area contributed by atoms with Crippen LogP contribution in [0.4, 0.5) is 0 Å². The molecule has 0 spiro atoms. The fraction of sp³-hybridized carbons (Fsp3) is 0.538. The Hall–Kier alpha value is -1.42. The lowest BCUT2D eigenvalue weighted by Crippen LogP contribution is -2.34. The van der Waals surface area contributed by atoms with Gasteiger partial charge in [0.05, 0.1) is 12.1 Å². The third-order valence-corrected chi connectivity index (χ3v) is 2.84. The van der Waals surface area contributed by atoms with Crippen LogP contribution in [0.3, 0.4) is 0 Å². The molecule has 1 atom stereocenters. The molecule has 0 saturated carbocycles. The number of aromatic nitrogens is 1. The molecule has 0 amide bonds. The lowest BCUT2D eigenvalue weighted by molar-refractivity contribution is -0.138. The second-order valence-corrected chi connectivity index (χ2v) is 4.34. The quantitative estimate of drug-likeness (QED) is 0.821. The van der Waals surface area contributed by atoms with E-state index in [-0.39, 0.29) is 12.5 Å². The molecular weight excluding hydrogens is 216 g/mol. The first-order valence-electron chi connectivity index (χ1n) is 5.90. The molecule has 4 nitrogen and oxygen atoms in total. The Morgan fingerprint density at radius 1 is 1.53 bits per heavy atom. The van der Waals surface area contributed by atoms with Crippen molar-refractivity contribution in [1.29, 1.82) is 0 Å². The average Bonchev–Trinajstić information content (AvgIpc) is 2.27. The van der Waals surface area contributed by atoms with Gasteiger partial charge in [-0.05, 0) is 32.0 Å². The summed E-state index contributed by atoms with van der Waals surface area (Å²) in [7, 11) is 0. The maximum absolute atomic E-state index is 10.7. The zero-order valence-electron chi connectivity index (χ0n) is 10.7. The molecule has 0 aliphatic heterocycles. The first-order chi connectivity index (χ1) is 8.02. The van der Waals surface area contributed by atoms with E-state index in [0.29, 0.717) is 6.54 Å². The van der Waals surface area contributed by atoms with E-state index >= 15 is 0 Å². The van der Waals surface area contributed by atoms with Crippen LogP contribution in [0.1, 0.15) is 31.5 Å². The summed E-state index contributed by atoms with van der Waals surface area (Å²) in [5, 5.41) is 8.79. The van der Waals surface area contributed by atoms with Gasteiger partial charge >= 0.3 is 5.97 Å². The molecule has 1 heterocycles. The minimum Gasteiger partial charge on any atom is -0.481 e. The van der Waals surface area contributed by atoms with Crippen LogP contribution in [0.25, 0.3) is 0 Å². The van der Waals surface area contributed by atoms with Crippen LogP contribution in [-0.4, -0.2) is 33.5 Å². The molecule has 1 aromatic rings. The summed E-state index contributed by atoms with van der Waals surface area (Å²) in [4.78, 5) is 17.1. The summed E-state index contributed by atoms with van der Waals surface area (Å²) >= 11 is 0. The average molecular weight is 236 g/mol. The Morgan fingerprint density at radius 3 is 2.71 bits per heavy atom. The Kier molecular flexibility index (Phi) is 5.10. The van der Waals surface area contributed by atoms with Gasteiger partial charge < -0.3 is 5.11 Å². The standard InChI is InChI=1S/C13H20N2O2/c1-4-15(11(3)7-13(16)17)9-12-6-5-10(2)8-14-12/h5-6,8,11H,4,7,9H2,1-3H3,(H,16,17). The van der Waals surface area contributed by atoms with Crippen molar-refractivity contribution in [3.63, 3.8) is 0 Å². The molecule has 17 heavy (non-hydrogen) atoms. The van der Waals surface area contributed by atoms with Gasteiger partial charge in [-0.3, -0.25) is 14.7 Å². The number of hydrogen-bond donors (Lipinski definition) is 1. The van der Waals surface area contributed by atoms with Gasteiger partial charge in [0.2, 0.25) is 0 Å². The van der Waals surface area contributed by atoms with E-state index in [4.69, 9.17) is 5.11 Å². The van der Waals surface area contributed by atoms with Gasteiger partial charge in [-0.2, -0.15) is 0 Å². The summed E-state index contributed by atoms with van der Waals surface area (Å²) in [6.45, 7) is 7.50. The van der Waals surface area contributed by atoms with Gasteiger partial charge in [-0.15, -0.1) is 0 Å². The lowest BCUT2D eigenvalue weighted by Gasteiger charge is -2.26. The van der Waals surface area contributed by atoms with Crippen molar-refractivity contribution in [1.82, 2.24) is 9.88 Å². The van der Waals surface area contributed by atoms with E-state index in [1.807, 2.05) is 39.1 Å². The number of carboxylic acids is 1. The molecule has 94 valence electrons. The Morgan fingerprint density at radius 2 is 2.24 bits per heavy atom. The summed E-state index contributed by atoms with van der Waals surface area (Å²) in [5.74, 6) is -0.757. The van der Waals surface area contributed by atoms with Crippen molar-refractivity contribution >= 4 is 5.97 Å². The highest BCUT2D eigenvalue weighted by molar-refractivity contribution is 5.67. The highest BCUT2D eigenvalue weighted by atomic mass is 16.4. The Balaban J connectivity index is 2.62. The predicted octanol–water partition coefficient (Wildman–Crippen LogP) is 2.08. The zero-order valence-corrected chi connectivity index (χ0v) is 10.7. The highest BCUT2D eigenvalue weighted by Crippen LogP contribution is 2.09. The van der Waals surface area contributed by atoms with Gasteiger partial charge in [0.15, 0.2) is 0 Å². The van der Waals surface area contributed by atoms with Gasteiger partial charge in [0.25, 0.3) is 0 Å². The zero-order chi connectivity index (χ0) is 12.8. The first kappa shape index (κ1) is 13.6. The molecule has 0 aliphatic rings. The fourth-order valence-corrected chi connectivity index (χ4v) is 1.76. The molecule has 1 unspecified atom stereocenters. The van der Waals surface area contributed by atoms with Crippen LogP contribution < -0.4 is 0 Å². The summed E-state index contributed by atoms with van der Waals surface area (Å²) in [6.07, 6.45) is 2.00. The Bertz CT molecular complexity index is 362. The van der Waals surface area contributed by atoms with Crippen LogP contribution in [-0.2, 0) is 11.3 Å². The predicted molar refractivity (Wildman–Crippen MR) is 66.8 cm³/mol. The largest absolute Gasteiger partial charge is 0.481 e. The first-order valence-corrected chi connectivity index (χ1v) is 5.90. The molecule has 0 fully saturated rings. The van der Waals surface area contributed by atoms with E-state index in [1.165, 1.54) is 0 Å². The van der Waals surface area contributed by atoms with Crippen molar-refractivity contribution < 1.29 is 9.90 Å². The van der Waals surface area contributed by atoms with Gasteiger partial charge in [0.1, 0.15) is 0 Å². The number of aryl methyl sites for hydroxylation is 1. The summed E-state index contributed by atoms with van der Waals surface area (Å²) in [6, 6.07) is 4.05. The fourth-order valence-electron chi connectivity index (χ4n) is 1.76. The van der Waals surface area contributed by atoms with Gasteiger partial charge in [0, 0.05) is 18.8 Å². The second kappa shape index (κ2) is 6.35. The number of rotatable bonds is 6. The van der Waals surface area contributed by atoms with E-state index in [2.05, 4.69) is 9.88 Å². The molecule has 0 aliphatic carbocycles. The van der Waals surface area contributed by atoms with Gasteiger partial charge in [-0.25, -0.2) is 0 Å². The van der Waals surface area contributed by atoms with Crippen molar-refractivity contribution in [3.8, 4) is 0 Å². The molecular formula is C13H20N2O2. The van der Waals surface area contributed by atoms with Crippen molar-refractivity contribution in [3.05, 3.63) is 29.6 Å². The minimum atomic E-state index is -0.757. The molecule has 4 heteroatoms. The van der Waals surface area contributed by atoms with E-state index in [0.717, 1.165) is 17.8 Å². The third-order valence-electron chi connectivity index (χ3n) is 2.84. The topological polar surface area (TPSA) is 53.4 Å². The molecule has 0 saturated heterocycles. The lowest BCUT2D eigenvalue weighted by atomic mass is 10.2. The van der Waals surface area contributed by atoms with E-state index in [9.17, 15) is 4.79 Å². The van der Waals surface area contributed by atoms with Crippen LogP contribution in [0.2, 0.25) is 0 Å². The third kappa shape index (κ3) is 4.53. The maximum atomic E-state index is 10.7. The summed E-state index contributed by atoms with van der Waals surface area (Å²) in [5.41, 5.74) is 2.12. The number of aliphatic carboxylic acids is 1. The molecule has 0 radical (unpaired) electrons. The number of carbonyl (C=O) groups is 1. The minimum absolute atomic E-state index is 0.0283. The van der Waals surface area contributed by atoms with Crippen LogP contribution >= 0.6 is 0 Å². The smallest absolute Gasteiger partial charge is 0.304 e. The normalized spacial score (nSPS) is 12.7. The molecule has 1 rings (SSSR count). The Labute approximate surface area is 102 Å². The van der Waals surface area contributed by atoms with Crippen LogP contribution in [0, 0.1) is 6.92 Å². The van der Waals surface area contributed by atoms with Crippen LogP contribution in [0.15, 0.2) is 18.3 Å². The molecule has 1 aromatic heterocycles. The van der Waals surface area contributed by atoms with Gasteiger partial charge in [-0.1, -0.05) is 13.0 Å². The second-order valence-electron chi connectivity index (χ2n) is 4.34. The molecule has 0 aromatic carbocycles. The number of carboxylic acid groups (broad SMARTS) is 1. The number of hydrogen-bond acceptors (Lipinski definition) is 3. The van der Waals surface area contributed by atoms with Crippen molar-refractivity contribution in [2.24, 2.45) is 0 Å². The van der Waals surface area contributed by atoms with Crippen molar-refractivity contribution in [2.45, 2.75) is 39.8 Å². The number of pyridine rings is 1. The van der Waals surface area contributed by atoms with Crippen molar-refractivity contribution in [2.75, 3.05) is 6.54 Å². The maximum Gasteiger partial charge on any atom is 0.304 e. The molecule has 0 bridgehead atoms. The van der Waals surface area contributed by atoms with E-state index < -0.39 is 5.97 Å². The SMILES string of the molecule is CCN(Cc1ccc(C)cn1)C(C)CC(=O)O. The molecule has 1 N–H and O–H groups in total. The monoisotopic (exact) mass is 236 g/mol. The number of nitrogens with zero attached hydrogens (tertiary/aromatic N) is 2. The van der Waals surface area contributed by atoms with E-state index in [1.54, 1.807) is 0 Å². The summed E-state index contributed by atoms with van der Waals surface area (Å²) < 4.78 is 0. The highest BCUT2D eigenvalue weighted by Gasteiger charge is 2.15. The van der Waals surface area contributed by atoms with Crippen LogP contribution in [0.5, 0.6) is 0 Å².